The zero-order valence-electron chi connectivity index (χ0n) is 12.3. The molecule has 1 aliphatic rings. The van der Waals surface area contributed by atoms with Crippen LogP contribution < -0.4 is 4.90 Å². The zero-order valence-corrected chi connectivity index (χ0v) is 13.8. The van der Waals surface area contributed by atoms with Gasteiger partial charge in [0, 0.05) is 10.5 Å². The van der Waals surface area contributed by atoms with Crippen molar-refractivity contribution in [2.45, 2.75) is 24.9 Å². The van der Waals surface area contributed by atoms with Gasteiger partial charge in [-0.25, -0.2) is 0 Å². The molecule has 1 aliphatic heterocycles. The maximum atomic E-state index is 11.5. The van der Waals surface area contributed by atoms with Crippen LogP contribution in [0.15, 0.2) is 53.0 Å². The molecule has 0 spiro atoms. The maximum Gasteiger partial charge on any atom is 0.292 e. The third-order valence-electron chi connectivity index (χ3n) is 4.18. The molecule has 0 amide bonds. The van der Waals surface area contributed by atoms with Crippen LogP contribution in [0, 0.1) is 10.1 Å². The second-order valence-corrected chi connectivity index (χ2v) is 6.42. The third-order valence-corrected chi connectivity index (χ3v) is 4.68. The molecular weight excluding hydrogens is 360 g/mol. The van der Waals surface area contributed by atoms with E-state index in [9.17, 15) is 14.9 Å². The van der Waals surface area contributed by atoms with E-state index in [-0.39, 0.29) is 17.8 Å². The summed E-state index contributed by atoms with van der Waals surface area (Å²) in [6.45, 7) is 0. The number of nitro groups is 1. The number of nitro benzene ring substituents is 1. The first kappa shape index (κ1) is 15.7. The highest BCUT2D eigenvalue weighted by molar-refractivity contribution is 9.10. The SMILES string of the molecule is O=CC1CCC(c2ccccc2)N1c1cc(Br)ccc1[N+](=O)[O-]. The van der Waals surface area contributed by atoms with Gasteiger partial charge in [-0.3, -0.25) is 10.1 Å². The minimum Gasteiger partial charge on any atom is -0.349 e. The van der Waals surface area contributed by atoms with Crippen LogP contribution >= 0.6 is 15.9 Å². The third kappa shape index (κ3) is 2.99. The Morgan fingerprint density at radius 1 is 1.17 bits per heavy atom. The Hall–Kier alpha value is -2.21. The number of carbonyl (C=O) groups excluding carboxylic acids is 1. The van der Waals surface area contributed by atoms with Crippen LogP contribution in [0.5, 0.6) is 0 Å². The highest BCUT2D eigenvalue weighted by Crippen LogP contribution is 2.43. The monoisotopic (exact) mass is 374 g/mol. The molecular formula is C17H15BrN2O3. The van der Waals surface area contributed by atoms with E-state index in [1.165, 1.54) is 6.07 Å². The number of aldehydes is 1. The Labute approximate surface area is 142 Å². The molecule has 0 N–H and O–H groups in total. The zero-order chi connectivity index (χ0) is 16.4. The van der Waals surface area contributed by atoms with Crippen molar-refractivity contribution in [3.63, 3.8) is 0 Å². The molecule has 2 aromatic carbocycles. The Morgan fingerprint density at radius 3 is 2.57 bits per heavy atom. The van der Waals surface area contributed by atoms with Crippen LogP contribution in [0.2, 0.25) is 0 Å². The van der Waals surface area contributed by atoms with Gasteiger partial charge in [0.1, 0.15) is 12.0 Å². The predicted octanol–water partition coefficient (Wildman–Crippen LogP) is 4.27. The van der Waals surface area contributed by atoms with Gasteiger partial charge in [-0.05, 0) is 30.5 Å². The van der Waals surface area contributed by atoms with E-state index < -0.39 is 4.92 Å². The summed E-state index contributed by atoms with van der Waals surface area (Å²) in [7, 11) is 0. The minimum absolute atomic E-state index is 0.0166. The van der Waals surface area contributed by atoms with Gasteiger partial charge in [0.2, 0.25) is 0 Å². The molecule has 0 radical (unpaired) electrons. The minimum atomic E-state index is -0.399. The van der Waals surface area contributed by atoms with Crippen molar-refractivity contribution in [3.05, 3.63) is 68.7 Å². The molecule has 0 aromatic heterocycles. The van der Waals surface area contributed by atoms with Crippen molar-refractivity contribution in [1.29, 1.82) is 0 Å². The summed E-state index contributed by atoms with van der Waals surface area (Å²) in [5.41, 5.74) is 1.56. The molecule has 2 aromatic rings. The van der Waals surface area contributed by atoms with Gasteiger partial charge in [-0.2, -0.15) is 0 Å². The lowest BCUT2D eigenvalue weighted by atomic mass is 10.0. The van der Waals surface area contributed by atoms with E-state index in [4.69, 9.17) is 0 Å². The number of carbonyl (C=O) groups is 1. The molecule has 118 valence electrons. The Balaban J connectivity index is 2.12. The summed E-state index contributed by atoms with van der Waals surface area (Å²) < 4.78 is 0.751. The second-order valence-electron chi connectivity index (χ2n) is 5.50. The van der Waals surface area contributed by atoms with Gasteiger partial charge < -0.3 is 9.69 Å². The molecule has 1 saturated heterocycles. The Bertz CT molecular complexity index is 736. The van der Waals surface area contributed by atoms with Crippen LogP contribution in [-0.2, 0) is 4.79 Å². The van der Waals surface area contributed by atoms with E-state index in [0.29, 0.717) is 12.1 Å². The van der Waals surface area contributed by atoms with Gasteiger partial charge in [0.25, 0.3) is 5.69 Å². The molecule has 0 bridgehead atoms. The maximum absolute atomic E-state index is 11.5. The summed E-state index contributed by atoms with van der Waals surface area (Å²) >= 11 is 3.37. The van der Waals surface area contributed by atoms with Gasteiger partial charge in [0.15, 0.2) is 0 Å². The number of halogens is 1. The number of hydrogen-bond donors (Lipinski definition) is 0. The standard InChI is InChI=1S/C17H15BrN2O3/c18-13-6-8-16(20(22)23)17(10-13)19-14(11-21)7-9-15(19)12-4-2-1-3-5-12/h1-6,8,10-11,14-15H,7,9H2. The topological polar surface area (TPSA) is 63.5 Å². The van der Waals surface area contributed by atoms with Crippen molar-refractivity contribution in [2.75, 3.05) is 4.90 Å². The molecule has 0 saturated carbocycles. The quantitative estimate of drug-likeness (QED) is 0.455. The van der Waals surface area contributed by atoms with Gasteiger partial charge in [0.05, 0.1) is 17.0 Å². The van der Waals surface area contributed by atoms with Crippen LogP contribution in [-0.4, -0.2) is 17.3 Å². The molecule has 23 heavy (non-hydrogen) atoms. The molecule has 2 unspecified atom stereocenters. The summed E-state index contributed by atoms with van der Waals surface area (Å²) in [6, 6.07) is 14.2. The van der Waals surface area contributed by atoms with Crippen molar-refractivity contribution < 1.29 is 9.72 Å². The number of rotatable bonds is 4. The van der Waals surface area contributed by atoms with Crippen LogP contribution in [0.4, 0.5) is 11.4 Å². The molecule has 6 heteroatoms. The lowest BCUT2D eigenvalue weighted by Crippen LogP contribution is -2.33. The van der Waals surface area contributed by atoms with Crippen molar-refractivity contribution in [3.8, 4) is 0 Å². The second kappa shape index (κ2) is 6.50. The van der Waals surface area contributed by atoms with E-state index >= 15 is 0 Å². The van der Waals surface area contributed by atoms with Crippen LogP contribution in [0.25, 0.3) is 0 Å². The van der Waals surface area contributed by atoms with Crippen LogP contribution in [0.3, 0.4) is 0 Å². The average Bonchev–Trinajstić information content (AvgIpc) is 2.99. The van der Waals surface area contributed by atoms with Gasteiger partial charge >= 0.3 is 0 Å². The Kier molecular flexibility index (Phi) is 4.43. The smallest absolute Gasteiger partial charge is 0.292 e. The number of nitrogens with zero attached hydrogens (tertiary/aromatic N) is 2. The molecule has 2 atom stereocenters. The predicted molar refractivity (Wildman–Crippen MR) is 91.5 cm³/mol. The van der Waals surface area contributed by atoms with Gasteiger partial charge in [-0.15, -0.1) is 0 Å². The fourth-order valence-electron chi connectivity index (χ4n) is 3.18. The van der Waals surface area contributed by atoms with Crippen LogP contribution in [0.1, 0.15) is 24.4 Å². The Morgan fingerprint density at radius 2 is 1.91 bits per heavy atom. The summed E-state index contributed by atoms with van der Waals surface area (Å²) in [6.07, 6.45) is 2.36. The van der Waals surface area contributed by atoms with Gasteiger partial charge in [-0.1, -0.05) is 46.3 Å². The number of anilines is 1. The number of hydrogen-bond acceptors (Lipinski definition) is 4. The lowest BCUT2D eigenvalue weighted by molar-refractivity contribution is -0.384. The molecule has 1 fully saturated rings. The molecule has 5 nitrogen and oxygen atoms in total. The van der Waals surface area contributed by atoms with E-state index in [2.05, 4.69) is 15.9 Å². The fraction of sp³-hybridized carbons (Fsp3) is 0.235. The van der Waals surface area contributed by atoms with E-state index in [0.717, 1.165) is 22.7 Å². The van der Waals surface area contributed by atoms with Crippen molar-refractivity contribution in [2.24, 2.45) is 0 Å². The highest BCUT2D eigenvalue weighted by Gasteiger charge is 2.37. The first-order chi connectivity index (χ1) is 11.1. The summed E-state index contributed by atoms with van der Waals surface area (Å²) in [5.74, 6) is 0. The molecule has 1 heterocycles. The van der Waals surface area contributed by atoms with E-state index in [1.54, 1.807) is 12.1 Å². The van der Waals surface area contributed by atoms with Crippen molar-refractivity contribution in [1.82, 2.24) is 0 Å². The van der Waals surface area contributed by atoms with E-state index in [1.807, 2.05) is 35.2 Å². The average molecular weight is 375 g/mol. The number of benzene rings is 2. The lowest BCUT2D eigenvalue weighted by Gasteiger charge is -2.30. The first-order valence-electron chi connectivity index (χ1n) is 7.34. The highest BCUT2D eigenvalue weighted by atomic mass is 79.9. The normalized spacial score (nSPS) is 20.5. The molecule has 3 rings (SSSR count). The molecule has 0 aliphatic carbocycles. The largest absolute Gasteiger partial charge is 0.349 e. The summed E-state index contributed by atoms with van der Waals surface area (Å²) in [5, 5.41) is 11.4. The summed E-state index contributed by atoms with van der Waals surface area (Å²) in [4.78, 5) is 24.4. The van der Waals surface area contributed by atoms with Crippen molar-refractivity contribution >= 4 is 33.6 Å². The fourth-order valence-corrected chi connectivity index (χ4v) is 3.53. The first-order valence-corrected chi connectivity index (χ1v) is 8.13.